The van der Waals surface area contributed by atoms with Crippen LogP contribution in [-0.2, 0) is 4.74 Å². The summed E-state index contributed by atoms with van der Waals surface area (Å²) in [6.07, 6.45) is 0. The number of hydrogen-bond acceptors (Lipinski definition) is 3. The van der Waals surface area contributed by atoms with Crippen LogP contribution in [-0.4, -0.2) is 23.7 Å². The molecule has 1 unspecified atom stereocenters. The maximum atomic E-state index is 12.0. The predicted octanol–water partition coefficient (Wildman–Crippen LogP) is 2.50. The van der Waals surface area contributed by atoms with Crippen molar-refractivity contribution < 1.29 is 4.74 Å². The van der Waals surface area contributed by atoms with Crippen LogP contribution < -0.4 is 5.56 Å². The zero-order valence-electron chi connectivity index (χ0n) is 11.4. The molecule has 0 amide bonds. The normalized spacial score (nSPS) is 12.4. The molecule has 0 saturated heterocycles. The average molecular weight is 258 g/mol. The zero-order valence-corrected chi connectivity index (χ0v) is 11.4. The van der Waals surface area contributed by atoms with Gasteiger partial charge in [0.2, 0.25) is 0 Å². The van der Waals surface area contributed by atoms with Crippen molar-refractivity contribution in [1.29, 1.82) is 0 Å². The summed E-state index contributed by atoms with van der Waals surface area (Å²) in [5, 5.41) is 0. The number of H-pyrrole nitrogens is 1. The van der Waals surface area contributed by atoms with Gasteiger partial charge >= 0.3 is 0 Å². The second kappa shape index (κ2) is 5.80. The van der Waals surface area contributed by atoms with Crippen molar-refractivity contribution in [2.24, 2.45) is 0 Å². The molecule has 0 aliphatic carbocycles. The summed E-state index contributed by atoms with van der Waals surface area (Å²) < 4.78 is 5.11. The first-order valence-electron chi connectivity index (χ1n) is 6.28. The van der Waals surface area contributed by atoms with E-state index in [0.717, 1.165) is 11.3 Å². The Morgan fingerprint density at radius 2 is 2.00 bits per heavy atom. The van der Waals surface area contributed by atoms with Gasteiger partial charge in [-0.3, -0.25) is 4.79 Å². The molecule has 4 nitrogen and oxygen atoms in total. The first-order chi connectivity index (χ1) is 9.13. The van der Waals surface area contributed by atoms with Crippen molar-refractivity contribution in [2.45, 2.75) is 19.8 Å². The van der Waals surface area contributed by atoms with Crippen molar-refractivity contribution in [3.8, 4) is 11.3 Å². The highest BCUT2D eigenvalue weighted by Gasteiger charge is 2.13. The number of aromatic nitrogens is 2. The van der Waals surface area contributed by atoms with Gasteiger partial charge in [0.1, 0.15) is 5.82 Å². The van der Waals surface area contributed by atoms with Crippen LogP contribution in [0.2, 0.25) is 0 Å². The van der Waals surface area contributed by atoms with Crippen LogP contribution in [0.15, 0.2) is 35.1 Å². The van der Waals surface area contributed by atoms with Gasteiger partial charge in [0.25, 0.3) is 5.56 Å². The van der Waals surface area contributed by atoms with Gasteiger partial charge in [0, 0.05) is 24.2 Å². The highest BCUT2D eigenvalue weighted by Crippen LogP contribution is 2.20. The van der Waals surface area contributed by atoms with Crippen LogP contribution >= 0.6 is 0 Å². The minimum atomic E-state index is -0.0909. The molecule has 1 heterocycles. The third-order valence-electron chi connectivity index (χ3n) is 3.10. The molecule has 1 aromatic carbocycles. The number of aromatic amines is 1. The number of methoxy groups -OCH3 is 1. The SMILES string of the molecule is COCC(C)c1nc(-c2ccccc2)c(C)c(=O)[nH]1. The number of ether oxygens (including phenoxy) is 1. The Bertz CT molecular complexity index is 605. The highest BCUT2D eigenvalue weighted by atomic mass is 16.5. The van der Waals surface area contributed by atoms with Crippen LogP contribution in [0.5, 0.6) is 0 Å². The van der Waals surface area contributed by atoms with Crippen molar-refractivity contribution >= 4 is 0 Å². The van der Waals surface area contributed by atoms with Crippen molar-refractivity contribution in [3.05, 3.63) is 52.1 Å². The van der Waals surface area contributed by atoms with Crippen molar-refractivity contribution in [1.82, 2.24) is 9.97 Å². The molecular formula is C15H18N2O2. The van der Waals surface area contributed by atoms with Crippen molar-refractivity contribution in [3.63, 3.8) is 0 Å². The van der Waals surface area contributed by atoms with Gasteiger partial charge in [-0.05, 0) is 6.92 Å². The lowest BCUT2D eigenvalue weighted by molar-refractivity contribution is 0.181. The summed E-state index contributed by atoms with van der Waals surface area (Å²) in [4.78, 5) is 19.4. The fourth-order valence-corrected chi connectivity index (χ4v) is 1.99. The van der Waals surface area contributed by atoms with Gasteiger partial charge in [-0.1, -0.05) is 37.3 Å². The molecule has 1 aromatic heterocycles. The Morgan fingerprint density at radius 1 is 1.32 bits per heavy atom. The molecule has 1 atom stereocenters. The van der Waals surface area contributed by atoms with Gasteiger partial charge in [-0.2, -0.15) is 0 Å². The zero-order chi connectivity index (χ0) is 13.8. The summed E-state index contributed by atoms with van der Waals surface area (Å²) in [5.41, 5.74) is 2.24. The standard InChI is InChI=1S/C15H18N2O2/c1-10(9-19-3)14-16-13(11(2)15(18)17-14)12-7-5-4-6-8-12/h4-8,10H,9H2,1-3H3,(H,16,17,18). The molecule has 0 bridgehead atoms. The van der Waals surface area contributed by atoms with E-state index in [1.165, 1.54) is 0 Å². The molecular weight excluding hydrogens is 240 g/mol. The van der Waals surface area contributed by atoms with E-state index in [1.54, 1.807) is 14.0 Å². The van der Waals surface area contributed by atoms with Crippen LogP contribution in [0.25, 0.3) is 11.3 Å². The number of nitrogens with one attached hydrogen (secondary N) is 1. The Labute approximate surface area is 112 Å². The Morgan fingerprint density at radius 3 is 2.63 bits per heavy atom. The maximum Gasteiger partial charge on any atom is 0.254 e. The Balaban J connectivity index is 2.52. The average Bonchev–Trinajstić information content (AvgIpc) is 2.43. The van der Waals surface area contributed by atoms with Gasteiger partial charge in [-0.25, -0.2) is 4.98 Å². The Kier molecular flexibility index (Phi) is 4.12. The lowest BCUT2D eigenvalue weighted by atomic mass is 10.1. The third kappa shape index (κ3) is 2.90. The number of nitrogens with zero attached hydrogens (tertiary/aromatic N) is 1. The van der Waals surface area contributed by atoms with Gasteiger partial charge in [0.05, 0.1) is 12.3 Å². The van der Waals surface area contributed by atoms with Crippen molar-refractivity contribution in [2.75, 3.05) is 13.7 Å². The fraction of sp³-hybridized carbons (Fsp3) is 0.333. The van der Waals surface area contributed by atoms with E-state index in [-0.39, 0.29) is 11.5 Å². The van der Waals surface area contributed by atoms with Crippen LogP contribution in [0.1, 0.15) is 24.2 Å². The highest BCUT2D eigenvalue weighted by molar-refractivity contribution is 5.62. The fourth-order valence-electron chi connectivity index (χ4n) is 1.99. The molecule has 0 spiro atoms. The molecule has 0 fully saturated rings. The Hall–Kier alpha value is -1.94. The topological polar surface area (TPSA) is 55.0 Å². The first kappa shape index (κ1) is 13.5. The van der Waals surface area contributed by atoms with Crippen LogP contribution in [0.3, 0.4) is 0 Å². The van der Waals surface area contributed by atoms with E-state index in [9.17, 15) is 4.79 Å². The molecule has 0 aliphatic heterocycles. The largest absolute Gasteiger partial charge is 0.384 e. The molecule has 2 aromatic rings. The second-order valence-electron chi connectivity index (χ2n) is 4.65. The quantitative estimate of drug-likeness (QED) is 0.916. The summed E-state index contributed by atoms with van der Waals surface area (Å²) in [5.74, 6) is 0.720. The van der Waals surface area contributed by atoms with E-state index in [0.29, 0.717) is 18.0 Å². The summed E-state index contributed by atoms with van der Waals surface area (Å²) in [6, 6.07) is 9.74. The van der Waals surface area contributed by atoms with Gasteiger partial charge in [0.15, 0.2) is 0 Å². The lowest BCUT2D eigenvalue weighted by Gasteiger charge is -2.12. The predicted molar refractivity (Wildman–Crippen MR) is 75.3 cm³/mol. The minimum absolute atomic E-state index is 0.0563. The lowest BCUT2D eigenvalue weighted by Crippen LogP contribution is -2.19. The van der Waals surface area contributed by atoms with Gasteiger partial charge < -0.3 is 9.72 Å². The molecule has 0 radical (unpaired) electrons. The molecule has 0 saturated carbocycles. The van der Waals surface area contributed by atoms with E-state index in [1.807, 2.05) is 37.3 Å². The molecule has 2 rings (SSSR count). The summed E-state index contributed by atoms with van der Waals surface area (Å²) >= 11 is 0. The van der Waals surface area contributed by atoms with Crippen LogP contribution in [0.4, 0.5) is 0 Å². The minimum Gasteiger partial charge on any atom is -0.384 e. The maximum absolute atomic E-state index is 12.0. The third-order valence-corrected chi connectivity index (χ3v) is 3.10. The van der Waals surface area contributed by atoms with E-state index in [4.69, 9.17) is 4.74 Å². The van der Waals surface area contributed by atoms with Gasteiger partial charge in [-0.15, -0.1) is 0 Å². The summed E-state index contributed by atoms with van der Waals surface area (Å²) in [6.45, 7) is 4.30. The smallest absolute Gasteiger partial charge is 0.254 e. The van der Waals surface area contributed by atoms with E-state index in [2.05, 4.69) is 9.97 Å². The molecule has 4 heteroatoms. The molecule has 19 heavy (non-hydrogen) atoms. The van der Waals surface area contributed by atoms with E-state index < -0.39 is 0 Å². The monoisotopic (exact) mass is 258 g/mol. The molecule has 1 N–H and O–H groups in total. The number of benzene rings is 1. The second-order valence-corrected chi connectivity index (χ2v) is 4.65. The number of hydrogen-bond donors (Lipinski definition) is 1. The van der Waals surface area contributed by atoms with Crippen LogP contribution in [0, 0.1) is 6.92 Å². The van der Waals surface area contributed by atoms with E-state index >= 15 is 0 Å². The number of rotatable bonds is 4. The summed E-state index contributed by atoms with van der Waals surface area (Å²) in [7, 11) is 1.64. The molecule has 0 aliphatic rings. The molecule has 100 valence electrons. The first-order valence-corrected chi connectivity index (χ1v) is 6.28.